The van der Waals surface area contributed by atoms with Crippen molar-refractivity contribution in [1.82, 2.24) is 10.6 Å². The van der Waals surface area contributed by atoms with E-state index in [1.165, 1.54) is 0 Å². The summed E-state index contributed by atoms with van der Waals surface area (Å²) in [6.45, 7) is 0. The van der Waals surface area contributed by atoms with Gasteiger partial charge in [-0.2, -0.15) is 0 Å². The van der Waals surface area contributed by atoms with Crippen LogP contribution in [0.3, 0.4) is 0 Å². The van der Waals surface area contributed by atoms with Gasteiger partial charge in [0.1, 0.15) is 5.41 Å². The SMILES string of the molecule is CNC(=O)C1(C(=O)NC2CC2N)CC1.Cl. The molecule has 2 aliphatic rings. The summed E-state index contributed by atoms with van der Waals surface area (Å²) in [6.07, 6.45) is 2.14. The van der Waals surface area contributed by atoms with Crippen LogP contribution in [0.4, 0.5) is 0 Å². The highest BCUT2D eigenvalue weighted by Gasteiger charge is 2.57. The molecule has 2 amide bonds. The Kier molecular flexibility index (Phi) is 3.25. The van der Waals surface area contributed by atoms with Gasteiger partial charge in [-0.1, -0.05) is 0 Å². The van der Waals surface area contributed by atoms with Crippen molar-refractivity contribution in [3.63, 3.8) is 0 Å². The molecule has 0 spiro atoms. The van der Waals surface area contributed by atoms with Crippen molar-refractivity contribution >= 4 is 24.2 Å². The summed E-state index contributed by atoms with van der Waals surface area (Å²) in [6, 6.07) is 0.170. The molecule has 2 rings (SSSR count). The number of carbonyl (C=O) groups is 2. The van der Waals surface area contributed by atoms with E-state index in [1.807, 2.05) is 0 Å². The quantitative estimate of drug-likeness (QED) is 0.556. The average molecular weight is 234 g/mol. The highest BCUT2D eigenvalue weighted by molar-refractivity contribution is 6.07. The summed E-state index contributed by atoms with van der Waals surface area (Å²) in [7, 11) is 1.55. The van der Waals surface area contributed by atoms with Gasteiger partial charge in [0, 0.05) is 19.1 Å². The Morgan fingerprint density at radius 1 is 1.33 bits per heavy atom. The van der Waals surface area contributed by atoms with Crippen molar-refractivity contribution in [2.45, 2.75) is 31.3 Å². The highest BCUT2D eigenvalue weighted by atomic mass is 35.5. The fourth-order valence-corrected chi connectivity index (χ4v) is 1.61. The van der Waals surface area contributed by atoms with E-state index < -0.39 is 5.41 Å². The van der Waals surface area contributed by atoms with Gasteiger partial charge in [0.25, 0.3) is 0 Å². The van der Waals surface area contributed by atoms with Gasteiger partial charge in [0.15, 0.2) is 0 Å². The van der Waals surface area contributed by atoms with Crippen LogP contribution in [0, 0.1) is 5.41 Å². The lowest BCUT2D eigenvalue weighted by Crippen LogP contribution is -2.43. The van der Waals surface area contributed by atoms with E-state index in [1.54, 1.807) is 7.05 Å². The zero-order chi connectivity index (χ0) is 10.3. The molecule has 2 unspecified atom stereocenters. The summed E-state index contributed by atoms with van der Waals surface area (Å²) in [5, 5.41) is 5.32. The Labute approximate surface area is 94.6 Å². The molecule has 0 aromatic heterocycles. The number of hydrogen-bond acceptors (Lipinski definition) is 3. The topological polar surface area (TPSA) is 84.2 Å². The lowest BCUT2D eigenvalue weighted by atomic mass is 10.1. The van der Waals surface area contributed by atoms with Gasteiger partial charge >= 0.3 is 0 Å². The maximum atomic E-state index is 11.7. The van der Waals surface area contributed by atoms with Gasteiger partial charge in [-0.3, -0.25) is 9.59 Å². The van der Waals surface area contributed by atoms with E-state index in [9.17, 15) is 9.59 Å². The van der Waals surface area contributed by atoms with Crippen molar-refractivity contribution in [1.29, 1.82) is 0 Å². The number of rotatable bonds is 3. The number of nitrogens with one attached hydrogen (secondary N) is 2. The molecule has 2 fully saturated rings. The van der Waals surface area contributed by atoms with Crippen molar-refractivity contribution in [3.05, 3.63) is 0 Å². The second-order valence-electron chi connectivity index (χ2n) is 4.14. The molecule has 0 heterocycles. The first-order chi connectivity index (χ1) is 6.60. The van der Waals surface area contributed by atoms with Crippen LogP contribution < -0.4 is 16.4 Å². The molecule has 5 nitrogen and oxygen atoms in total. The normalized spacial score (nSPS) is 29.7. The van der Waals surface area contributed by atoms with Crippen LogP contribution in [0.1, 0.15) is 19.3 Å². The van der Waals surface area contributed by atoms with E-state index in [4.69, 9.17) is 5.73 Å². The van der Waals surface area contributed by atoms with Crippen molar-refractivity contribution in [2.24, 2.45) is 11.1 Å². The average Bonchev–Trinajstić information content (AvgIpc) is 3.03. The number of nitrogens with two attached hydrogens (primary N) is 1. The predicted molar refractivity (Wildman–Crippen MR) is 57.5 cm³/mol. The van der Waals surface area contributed by atoms with Crippen LogP contribution in [0.2, 0.25) is 0 Å². The molecule has 2 aliphatic carbocycles. The third-order valence-electron chi connectivity index (χ3n) is 3.00. The van der Waals surface area contributed by atoms with Crippen LogP contribution in [-0.2, 0) is 9.59 Å². The molecule has 0 aromatic rings. The largest absolute Gasteiger partial charge is 0.358 e. The molecule has 15 heavy (non-hydrogen) atoms. The van der Waals surface area contributed by atoms with Crippen LogP contribution in [0.25, 0.3) is 0 Å². The summed E-state index contributed by atoms with van der Waals surface area (Å²) in [5.41, 5.74) is 4.79. The Balaban J connectivity index is 0.00000112. The van der Waals surface area contributed by atoms with E-state index >= 15 is 0 Å². The Morgan fingerprint density at radius 2 is 1.87 bits per heavy atom. The van der Waals surface area contributed by atoms with E-state index in [0.717, 1.165) is 6.42 Å². The zero-order valence-corrected chi connectivity index (χ0v) is 9.39. The molecule has 0 aliphatic heterocycles. The Morgan fingerprint density at radius 3 is 2.20 bits per heavy atom. The highest BCUT2D eigenvalue weighted by Crippen LogP contribution is 2.46. The standard InChI is InChI=1S/C9H15N3O2.ClH/c1-11-7(13)9(2-3-9)8(14)12-6-4-5(6)10;/h5-6H,2-4,10H2,1H3,(H,11,13)(H,12,14);1H. The lowest BCUT2D eigenvalue weighted by Gasteiger charge is -2.13. The minimum atomic E-state index is -0.781. The smallest absolute Gasteiger partial charge is 0.235 e. The first-order valence-corrected chi connectivity index (χ1v) is 4.89. The van der Waals surface area contributed by atoms with Gasteiger partial charge in [-0.25, -0.2) is 0 Å². The zero-order valence-electron chi connectivity index (χ0n) is 8.58. The maximum Gasteiger partial charge on any atom is 0.235 e. The first-order valence-electron chi connectivity index (χ1n) is 4.89. The molecule has 0 bridgehead atoms. The fraction of sp³-hybridized carbons (Fsp3) is 0.778. The molecule has 6 heteroatoms. The summed E-state index contributed by atoms with van der Waals surface area (Å²) in [5.74, 6) is -0.334. The summed E-state index contributed by atoms with van der Waals surface area (Å²) in [4.78, 5) is 23.1. The number of amides is 2. The monoisotopic (exact) mass is 233 g/mol. The van der Waals surface area contributed by atoms with Gasteiger partial charge in [-0.05, 0) is 19.3 Å². The summed E-state index contributed by atoms with van der Waals surface area (Å²) < 4.78 is 0. The van der Waals surface area contributed by atoms with Crippen LogP contribution in [0.5, 0.6) is 0 Å². The van der Waals surface area contributed by atoms with E-state index in [0.29, 0.717) is 12.8 Å². The third kappa shape index (κ3) is 2.08. The maximum absolute atomic E-state index is 11.7. The molecule has 4 N–H and O–H groups in total. The molecular weight excluding hydrogens is 218 g/mol. The van der Waals surface area contributed by atoms with E-state index in [-0.39, 0.29) is 36.3 Å². The molecule has 2 atom stereocenters. The molecular formula is C9H16ClN3O2. The second kappa shape index (κ2) is 3.98. The minimum Gasteiger partial charge on any atom is -0.358 e. The molecule has 0 saturated heterocycles. The molecule has 0 radical (unpaired) electrons. The second-order valence-corrected chi connectivity index (χ2v) is 4.14. The number of hydrogen-bond donors (Lipinski definition) is 3. The van der Waals surface area contributed by atoms with Crippen molar-refractivity contribution in [3.8, 4) is 0 Å². The first kappa shape index (κ1) is 12.3. The Bertz CT molecular complexity index is 291. The van der Waals surface area contributed by atoms with Crippen molar-refractivity contribution in [2.75, 3.05) is 7.05 Å². The fourth-order valence-electron chi connectivity index (χ4n) is 1.61. The van der Waals surface area contributed by atoms with E-state index in [2.05, 4.69) is 10.6 Å². The third-order valence-corrected chi connectivity index (χ3v) is 3.00. The molecule has 2 saturated carbocycles. The van der Waals surface area contributed by atoms with Crippen LogP contribution >= 0.6 is 12.4 Å². The van der Waals surface area contributed by atoms with Gasteiger partial charge in [0.2, 0.25) is 11.8 Å². The number of halogens is 1. The predicted octanol–water partition coefficient (Wildman–Crippen LogP) is -0.850. The van der Waals surface area contributed by atoms with Crippen LogP contribution in [-0.4, -0.2) is 30.9 Å². The van der Waals surface area contributed by atoms with Gasteiger partial charge in [0.05, 0.1) is 0 Å². The van der Waals surface area contributed by atoms with Gasteiger partial charge in [-0.15, -0.1) is 12.4 Å². The number of carbonyl (C=O) groups excluding carboxylic acids is 2. The molecule has 86 valence electrons. The Hall–Kier alpha value is -0.810. The summed E-state index contributed by atoms with van der Waals surface area (Å²) >= 11 is 0. The lowest BCUT2D eigenvalue weighted by molar-refractivity contribution is -0.137. The van der Waals surface area contributed by atoms with Gasteiger partial charge < -0.3 is 16.4 Å². The van der Waals surface area contributed by atoms with Crippen molar-refractivity contribution < 1.29 is 9.59 Å². The van der Waals surface area contributed by atoms with Crippen LogP contribution in [0.15, 0.2) is 0 Å². The molecule has 0 aromatic carbocycles. The minimum absolute atomic E-state index is 0.